The Morgan fingerprint density at radius 1 is 1.40 bits per heavy atom. The van der Waals surface area contributed by atoms with Gasteiger partial charge in [0.2, 0.25) is 0 Å². The van der Waals surface area contributed by atoms with Crippen LogP contribution in [-0.4, -0.2) is 9.80 Å². The van der Waals surface area contributed by atoms with Gasteiger partial charge in [-0.25, -0.2) is 4.79 Å². The average molecular weight is 284 g/mol. The lowest BCUT2D eigenvalue weighted by Gasteiger charge is -2.09. The summed E-state index contributed by atoms with van der Waals surface area (Å²) in [6.45, 7) is 0.0481. The van der Waals surface area contributed by atoms with Gasteiger partial charge in [0.15, 0.2) is 0 Å². The van der Waals surface area contributed by atoms with Gasteiger partial charge in [-0.2, -0.15) is 3.71 Å². The van der Waals surface area contributed by atoms with Gasteiger partial charge in [-0.3, -0.25) is 0 Å². The van der Waals surface area contributed by atoms with E-state index in [2.05, 4.69) is 25.6 Å². The van der Waals surface area contributed by atoms with Gasteiger partial charge >= 0.3 is 6.09 Å². The van der Waals surface area contributed by atoms with Crippen molar-refractivity contribution in [1.82, 2.24) is 3.71 Å². The van der Waals surface area contributed by atoms with Crippen LogP contribution in [0.1, 0.15) is 5.56 Å². The van der Waals surface area contributed by atoms with Crippen LogP contribution in [0.2, 0.25) is 10.0 Å². The summed E-state index contributed by atoms with van der Waals surface area (Å²) in [7, 11) is 0. The summed E-state index contributed by atoms with van der Waals surface area (Å²) in [5, 5.41) is 0.972. The van der Waals surface area contributed by atoms with E-state index in [1.807, 2.05) is 0 Å². The van der Waals surface area contributed by atoms with Crippen molar-refractivity contribution in [3.63, 3.8) is 0 Å². The summed E-state index contributed by atoms with van der Waals surface area (Å²) < 4.78 is 5.56. The van der Waals surface area contributed by atoms with Gasteiger partial charge in [-0.05, 0) is 37.8 Å². The van der Waals surface area contributed by atoms with E-state index in [4.69, 9.17) is 27.9 Å². The first-order valence-electron chi connectivity index (χ1n) is 3.79. The van der Waals surface area contributed by atoms with Crippen molar-refractivity contribution in [1.29, 1.82) is 0 Å². The molecule has 0 bridgehead atoms. The fourth-order valence-corrected chi connectivity index (χ4v) is 1.41. The molecular weight excluding hydrogens is 277 g/mol. The molecule has 0 N–H and O–H groups in total. The number of halogens is 2. The Hall–Kier alpha value is -0.230. The molecule has 0 aliphatic carbocycles. The van der Waals surface area contributed by atoms with Crippen LogP contribution in [0.4, 0.5) is 4.79 Å². The van der Waals surface area contributed by atoms with E-state index in [-0.39, 0.29) is 6.61 Å². The van der Waals surface area contributed by atoms with E-state index >= 15 is 0 Å². The first kappa shape index (κ1) is 12.8. The summed E-state index contributed by atoms with van der Waals surface area (Å²) in [4.78, 5) is 11.0. The quantitative estimate of drug-likeness (QED) is 0.812. The number of amides is 1. The summed E-state index contributed by atoms with van der Waals surface area (Å²) in [6, 6.07) is 4.92. The second-order valence-corrected chi connectivity index (χ2v) is 4.54. The lowest BCUT2D eigenvalue weighted by Crippen LogP contribution is -2.13. The van der Waals surface area contributed by atoms with Crippen LogP contribution >= 0.6 is 48.8 Å². The fraction of sp³-hybridized carbons (Fsp3) is 0.125. The van der Waals surface area contributed by atoms with E-state index in [0.717, 1.165) is 3.71 Å². The molecule has 3 nitrogen and oxygen atoms in total. The minimum absolute atomic E-state index is 0.0481. The average Bonchev–Trinajstić information content (AvgIpc) is 2.15. The SMILES string of the molecule is O=C(OCc1ccc(Cl)cc1Cl)N(S)S. The standard InChI is InChI=1S/C8H7Cl2NO2S2/c9-6-2-1-5(7(10)3-6)4-13-8(12)11(14)15/h1-3,14-15H,4H2. The smallest absolute Gasteiger partial charge is 0.430 e. The minimum Gasteiger partial charge on any atom is -0.443 e. The largest absolute Gasteiger partial charge is 0.443 e. The first-order chi connectivity index (χ1) is 7.00. The number of hydrogen-bond donors (Lipinski definition) is 2. The molecule has 0 unspecified atom stereocenters. The molecule has 1 rings (SSSR count). The molecule has 0 saturated carbocycles. The zero-order valence-electron chi connectivity index (χ0n) is 7.35. The van der Waals surface area contributed by atoms with Crippen LogP contribution < -0.4 is 0 Å². The summed E-state index contributed by atoms with van der Waals surface area (Å²) in [5.74, 6) is 0. The fourth-order valence-electron chi connectivity index (χ4n) is 0.836. The van der Waals surface area contributed by atoms with Crippen LogP contribution in [0.25, 0.3) is 0 Å². The minimum atomic E-state index is -0.673. The predicted octanol–water partition coefficient (Wildman–Crippen LogP) is 3.62. The number of rotatable bonds is 2. The van der Waals surface area contributed by atoms with Crippen molar-refractivity contribution < 1.29 is 9.53 Å². The van der Waals surface area contributed by atoms with Gasteiger partial charge in [0, 0.05) is 15.6 Å². The third-order valence-corrected chi connectivity index (χ3v) is 2.44. The number of carbonyl (C=O) groups excluding carboxylic acids is 1. The van der Waals surface area contributed by atoms with Gasteiger partial charge in [0.1, 0.15) is 6.61 Å². The van der Waals surface area contributed by atoms with Gasteiger partial charge in [-0.1, -0.05) is 29.3 Å². The van der Waals surface area contributed by atoms with Crippen LogP contribution in [0.15, 0.2) is 18.2 Å². The van der Waals surface area contributed by atoms with E-state index < -0.39 is 6.09 Å². The maximum atomic E-state index is 11.0. The molecule has 1 amide bonds. The van der Waals surface area contributed by atoms with Crippen molar-refractivity contribution in [2.75, 3.05) is 0 Å². The number of nitrogens with zero attached hydrogens (tertiary/aromatic N) is 1. The molecule has 82 valence electrons. The third-order valence-electron chi connectivity index (χ3n) is 1.53. The van der Waals surface area contributed by atoms with E-state index in [9.17, 15) is 4.79 Å². The second kappa shape index (κ2) is 5.75. The van der Waals surface area contributed by atoms with Crippen LogP contribution in [0, 0.1) is 0 Å². The molecule has 0 atom stereocenters. The number of thiol groups is 2. The predicted molar refractivity (Wildman–Crippen MR) is 66.5 cm³/mol. The Bertz CT molecular complexity index is 374. The Labute approximate surface area is 108 Å². The first-order valence-corrected chi connectivity index (χ1v) is 5.35. The molecule has 0 radical (unpaired) electrons. The molecule has 15 heavy (non-hydrogen) atoms. The van der Waals surface area contributed by atoms with Crippen LogP contribution in [0.5, 0.6) is 0 Å². The lowest BCUT2D eigenvalue weighted by atomic mass is 10.2. The zero-order chi connectivity index (χ0) is 11.4. The molecule has 0 spiro atoms. The zero-order valence-corrected chi connectivity index (χ0v) is 10.7. The third kappa shape index (κ3) is 4.03. The summed E-state index contributed by atoms with van der Waals surface area (Å²) >= 11 is 18.9. The molecule has 0 heterocycles. The second-order valence-electron chi connectivity index (χ2n) is 2.58. The van der Waals surface area contributed by atoms with Crippen LogP contribution in [0.3, 0.4) is 0 Å². The van der Waals surface area contributed by atoms with Gasteiger partial charge in [0.05, 0.1) is 0 Å². The normalized spacial score (nSPS) is 9.87. The highest BCUT2D eigenvalue weighted by molar-refractivity contribution is 7.94. The summed E-state index contributed by atoms with van der Waals surface area (Å²) in [6.07, 6.45) is -0.673. The van der Waals surface area contributed by atoms with Crippen molar-refractivity contribution in [3.8, 4) is 0 Å². The van der Waals surface area contributed by atoms with E-state index in [1.165, 1.54) is 0 Å². The number of hydrogen-bond acceptors (Lipinski definition) is 4. The Kier molecular flexibility index (Phi) is 4.92. The Balaban J connectivity index is 2.62. The molecule has 7 heteroatoms. The lowest BCUT2D eigenvalue weighted by molar-refractivity contribution is 0.136. The maximum absolute atomic E-state index is 11.0. The molecule has 0 aromatic heterocycles. The van der Waals surface area contributed by atoms with E-state index in [0.29, 0.717) is 15.6 Å². The van der Waals surface area contributed by atoms with Crippen molar-refractivity contribution in [2.24, 2.45) is 0 Å². The highest BCUT2D eigenvalue weighted by Gasteiger charge is 2.08. The monoisotopic (exact) mass is 283 g/mol. The molecule has 0 aliphatic heterocycles. The Morgan fingerprint density at radius 3 is 2.60 bits per heavy atom. The molecule has 1 aromatic rings. The number of carbonyl (C=O) groups is 1. The highest BCUT2D eigenvalue weighted by Crippen LogP contribution is 2.21. The maximum Gasteiger partial charge on any atom is 0.430 e. The Morgan fingerprint density at radius 2 is 2.07 bits per heavy atom. The van der Waals surface area contributed by atoms with Crippen molar-refractivity contribution in [3.05, 3.63) is 33.8 Å². The molecule has 1 aromatic carbocycles. The molecule has 0 aliphatic rings. The van der Waals surface area contributed by atoms with Crippen molar-refractivity contribution >= 4 is 54.9 Å². The topological polar surface area (TPSA) is 29.5 Å². The van der Waals surface area contributed by atoms with Gasteiger partial charge < -0.3 is 4.74 Å². The highest BCUT2D eigenvalue weighted by atomic mass is 35.5. The molecule has 0 saturated heterocycles. The molecule has 0 fully saturated rings. The van der Waals surface area contributed by atoms with Crippen molar-refractivity contribution in [2.45, 2.75) is 6.61 Å². The van der Waals surface area contributed by atoms with Gasteiger partial charge in [0.25, 0.3) is 0 Å². The van der Waals surface area contributed by atoms with Gasteiger partial charge in [-0.15, -0.1) is 0 Å². The van der Waals surface area contributed by atoms with E-state index in [1.54, 1.807) is 18.2 Å². The van der Waals surface area contributed by atoms with Crippen LogP contribution in [-0.2, 0) is 11.3 Å². The number of benzene rings is 1. The molecular formula is C8H7Cl2NO2S2. The number of ether oxygens (including phenoxy) is 1. The summed E-state index contributed by atoms with van der Waals surface area (Å²) in [5.41, 5.74) is 0.665.